The third-order valence-corrected chi connectivity index (χ3v) is 4.69. The van der Waals surface area contributed by atoms with Gasteiger partial charge in [0.05, 0.1) is 6.54 Å². The average Bonchev–Trinajstić information content (AvgIpc) is 3.08. The van der Waals surface area contributed by atoms with E-state index in [1.54, 1.807) is 0 Å². The van der Waals surface area contributed by atoms with Crippen LogP contribution < -0.4 is 5.32 Å². The number of rotatable bonds is 4. The van der Waals surface area contributed by atoms with Gasteiger partial charge in [0.2, 0.25) is 5.91 Å². The lowest BCUT2D eigenvalue weighted by molar-refractivity contribution is -0.130. The van der Waals surface area contributed by atoms with E-state index in [0.717, 1.165) is 31.6 Å². The molecule has 0 saturated carbocycles. The Bertz CT molecular complexity index is 458. The molecule has 23 heavy (non-hydrogen) atoms. The Morgan fingerprint density at radius 1 is 1.00 bits per heavy atom. The van der Waals surface area contributed by atoms with E-state index in [-0.39, 0.29) is 30.7 Å². The minimum atomic E-state index is 0. The van der Waals surface area contributed by atoms with E-state index in [2.05, 4.69) is 10.2 Å². The summed E-state index contributed by atoms with van der Waals surface area (Å²) in [6.45, 7) is 4.74. The van der Waals surface area contributed by atoms with Crippen molar-refractivity contribution in [3.8, 4) is 0 Å². The van der Waals surface area contributed by atoms with Gasteiger partial charge in [-0.05, 0) is 50.9 Å². The van der Waals surface area contributed by atoms with Crippen LogP contribution in [0.5, 0.6) is 0 Å². The van der Waals surface area contributed by atoms with E-state index < -0.39 is 0 Å². The fraction of sp³-hybridized carbons (Fsp3) is 0.588. The first-order valence-corrected chi connectivity index (χ1v) is 8.14. The molecule has 1 N–H and O–H groups in total. The molecule has 1 aromatic carbocycles. The first-order chi connectivity index (χ1) is 10.3. The number of carbonyl (C=O) groups excluding carboxylic acids is 1. The largest absolute Gasteiger partial charge is 0.376 e. The number of benzene rings is 1. The van der Waals surface area contributed by atoms with Crippen molar-refractivity contribution in [1.29, 1.82) is 0 Å². The molecule has 2 saturated heterocycles. The Balaban J connectivity index is 0.00000132. The van der Waals surface area contributed by atoms with Crippen LogP contribution in [-0.4, -0.2) is 54.5 Å². The molecule has 0 spiro atoms. The normalized spacial score (nSPS) is 18.9. The second-order valence-corrected chi connectivity index (χ2v) is 6.07. The number of piperidine rings is 1. The number of anilines is 1. The van der Waals surface area contributed by atoms with E-state index in [1.807, 2.05) is 35.2 Å². The fourth-order valence-electron chi connectivity index (χ4n) is 3.43. The zero-order valence-electron chi connectivity index (χ0n) is 13.4. The Morgan fingerprint density at radius 2 is 1.61 bits per heavy atom. The van der Waals surface area contributed by atoms with Gasteiger partial charge in [-0.3, -0.25) is 4.79 Å². The van der Waals surface area contributed by atoms with Crippen LogP contribution in [0.25, 0.3) is 0 Å². The maximum atomic E-state index is 12.2. The van der Waals surface area contributed by atoms with Crippen LogP contribution in [0.15, 0.2) is 30.3 Å². The molecule has 0 bridgehead atoms. The summed E-state index contributed by atoms with van der Waals surface area (Å²) in [5, 5.41) is 3.21. The van der Waals surface area contributed by atoms with Gasteiger partial charge in [0, 0.05) is 24.8 Å². The number of hydrogen-bond donors (Lipinski definition) is 1. The highest BCUT2D eigenvalue weighted by Gasteiger charge is 2.27. The second kappa shape index (κ2) is 10.0. The lowest BCUT2D eigenvalue weighted by Gasteiger charge is -2.36. The predicted molar refractivity (Wildman–Crippen MR) is 99.8 cm³/mol. The molecule has 0 radical (unpaired) electrons. The van der Waals surface area contributed by atoms with Gasteiger partial charge in [-0.1, -0.05) is 18.2 Å². The van der Waals surface area contributed by atoms with Crippen LogP contribution >= 0.6 is 24.8 Å². The summed E-state index contributed by atoms with van der Waals surface area (Å²) < 4.78 is 0. The molecule has 1 amide bonds. The average molecular weight is 360 g/mol. The Hall–Kier alpha value is -0.970. The van der Waals surface area contributed by atoms with E-state index in [9.17, 15) is 4.79 Å². The second-order valence-electron chi connectivity index (χ2n) is 6.07. The monoisotopic (exact) mass is 359 g/mol. The maximum absolute atomic E-state index is 12.2. The van der Waals surface area contributed by atoms with Gasteiger partial charge in [-0.15, -0.1) is 24.8 Å². The topological polar surface area (TPSA) is 35.6 Å². The fourth-order valence-corrected chi connectivity index (χ4v) is 3.43. The summed E-state index contributed by atoms with van der Waals surface area (Å²) in [6, 6.07) is 10.6. The van der Waals surface area contributed by atoms with Crippen LogP contribution in [-0.2, 0) is 4.79 Å². The van der Waals surface area contributed by atoms with Crippen LogP contribution in [0.1, 0.15) is 25.7 Å². The molecule has 2 aliphatic rings. The highest BCUT2D eigenvalue weighted by molar-refractivity contribution is 5.85. The Labute approximate surface area is 151 Å². The van der Waals surface area contributed by atoms with E-state index in [1.165, 1.54) is 25.9 Å². The number of hydrogen-bond acceptors (Lipinski definition) is 3. The highest BCUT2D eigenvalue weighted by atomic mass is 35.5. The summed E-state index contributed by atoms with van der Waals surface area (Å²) in [7, 11) is 0. The minimum Gasteiger partial charge on any atom is -0.376 e. The molecule has 2 heterocycles. The summed E-state index contributed by atoms with van der Waals surface area (Å²) in [5.74, 6) is 0.221. The molecule has 6 heteroatoms. The lowest BCUT2D eigenvalue weighted by atomic mass is 10.0. The minimum absolute atomic E-state index is 0. The summed E-state index contributed by atoms with van der Waals surface area (Å²) in [4.78, 5) is 16.9. The smallest absolute Gasteiger partial charge is 0.241 e. The third kappa shape index (κ3) is 5.55. The van der Waals surface area contributed by atoms with E-state index in [0.29, 0.717) is 12.6 Å². The van der Waals surface area contributed by atoms with Crippen molar-refractivity contribution in [2.45, 2.75) is 31.7 Å². The summed E-state index contributed by atoms with van der Waals surface area (Å²) >= 11 is 0. The first kappa shape index (κ1) is 20.1. The zero-order valence-corrected chi connectivity index (χ0v) is 15.1. The van der Waals surface area contributed by atoms with Gasteiger partial charge >= 0.3 is 0 Å². The first-order valence-electron chi connectivity index (χ1n) is 8.14. The number of likely N-dealkylation sites (tertiary alicyclic amines) is 2. The molecule has 0 unspecified atom stereocenters. The van der Waals surface area contributed by atoms with Gasteiger partial charge in [-0.2, -0.15) is 0 Å². The molecule has 0 atom stereocenters. The van der Waals surface area contributed by atoms with Gasteiger partial charge in [0.15, 0.2) is 0 Å². The SMILES string of the molecule is Cl.Cl.O=C(CNc1ccccc1)N1CCC(N2CCCC2)CC1. The number of para-hydroxylation sites is 1. The van der Waals surface area contributed by atoms with Crippen molar-refractivity contribution in [3.63, 3.8) is 0 Å². The Kier molecular flexibility index (Phi) is 8.74. The van der Waals surface area contributed by atoms with Crippen molar-refractivity contribution in [2.75, 3.05) is 38.0 Å². The standard InChI is InChI=1S/C17H25N3O.2ClH/c21-17(14-18-15-6-2-1-3-7-15)20-12-8-16(9-13-20)19-10-4-5-11-19;;/h1-3,6-7,16,18H,4-5,8-14H2;2*1H. The molecule has 1 aromatic rings. The number of carbonyl (C=O) groups is 1. The molecule has 3 rings (SSSR count). The molecular formula is C17H27Cl2N3O. The van der Waals surface area contributed by atoms with E-state index in [4.69, 9.17) is 0 Å². The quantitative estimate of drug-likeness (QED) is 0.897. The zero-order chi connectivity index (χ0) is 14.5. The van der Waals surface area contributed by atoms with Gasteiger partial charge in [0.1, 0.15) is 0 Å². The van der Waals surface area contributed by atoms with Crippen LogP contribution in [0, 0.1) is 0 Å². The molecule has 4 nitrogen and oxygen atoms in total. The summed E-state index contributed by atoms with van der Waals surface area (Å²) in [5.41, 5.74) is 1.01. The van der Waals surface area contributed by atoms with Gasteiger partial charge in [0.25, 0.3) is 0 Å². The van der Waals surface area contributed by atoms with Gasteiger partial charge < -0.3 is 15.1 Å². The van der Waals surface area contributed by atoms with E-state index >= 15 is 0 Å². The maximum Gasteiger partial charge on any atom is 0.241 e. The van der Waals surface area contributed by atoms with Crippen molar-refractivity contribution in [2.24, 2.45) is 0 Å². The van der Waals surface area contributed by atoms with Crippen molar-refractivity contribution in [1.82, 2.24) is 9.80 Å². The molecular weight excluding hydrogens is 333 g/mol. The number of amides is 1. The highest BCUT2D eigenvalue weighted by Crippen LogP contribution is 2.21. The number of nitrogens with zero attached hydrogens (tertiary/aromatic N) is 2. The molecule has 2 aliphatic heterocycles. The van der Waals surface area contributed by atoms with Crippen LogP contribution in [0.4, 0.5) is 5.69 Å². The van der Waals surface area contributed by atoms with Crippen molar-refractivity contribution in [3.05, 3.63) is 30.3 Å². The van der Waals surface area contributed by atoms with Crippen LogP contribution in [0.3, 0.4) is 0 Å². The molecule has 0 aromatic heterocycles. The molecule has 0 aliphatic carbocycles. The number of halogens is 2. The summed E-state index contributed by atoms with van der Waals surface area (Å²) in [6.07, 6.45) is 4.97. The van der Waals surface area contributed by atoms with Gasteiger partial charge in [-0.25, -0.2) is 0 Å². The van der Waals surface area contributed by atoms with Crippen molar-refractivity contribution >= 4 is 36.4 Å². The molecule has 130 valence electrons. The Morgan fingerprint density at radius 3 is 2.22 bits per heavy atom. The van der Waals surface area contributed by atoms with Crippen molar-refractivity contribution < 1.29 is 4.79 Å². The predicted octanol–water partition coefficient (Wildman–Crippen LogP) is 3.03. The lowest BCUT2D eigenvalue weighted by Crippen LogP contribution is -2.47. The number of nitrogens with one attached hydrogen (secondary N) is 1. The van der Waals surface area contributed by atoms with Crippen LogP contribution in [0.2, 0.25) is 0 Å². The third-order valence-electron chi connectivity index (χ3n) is 4.69. The molecule has 2 fully saturated rings.